The van der Waals surface area contributed by atoms with Crippen LogP contribution in [0.5, 0.6) is 34.5 Å². The third kappa shape index (κ3) is 9.37. The van der Waals surface area contributed by atoms with Crippen LogP contribution in [-0.4, -0.2) is 105 Å². The van der Waals surface area contributed by atoms with Crippen molar-refractivity contribution in [2.45, 2.75) is 26.1 Å². The van der Waals surface area contributed by atoms with E-state index in [2.05, 4.69) is 0 Å². The molecule has 14 nitrogen and oxygen atoms in total. The van der Waals surface area contributed by atoms with E-state index in [1.165, 1.54) is 0 Å². The van der Waals surface area contributed by atoms with Crippen LogP contribution in [0.4, 0.5) is 0 Å². The summed E-state index contributed by atoms with van der Waals surface area (Å²) >= 11 is 0. The van der Waals surface area contributed by atoms with Gasteiger partial charge in [0, 0.05) is 5.41 Å². The fourth-order valence-corrected chi connectivity index (χ4v) is 3.01. The normalized spacial score (nSPS) is 13.0. The molecule has 0 amide bonds. The number of aliphatic hydroxyl groups excluding tert-OH is 2. The van der Waals surface area contributed by atoms with Crippen LogP contribution in [0.25, 0.3) is 0 Å². The monoisotopic (exact) mass is 556 g/mol. The Labute approximate surface area is 222 Å². The summed E-state index contributed by atoms with van der Waals surface area (Å²) in [6, 6.07) is 3.61. The van der Waals surface area contributed by atoms with Crippen molar-refractivity contribution >= 4 is 11.9 Å². The second-order valence-corrected chi connectivity index (χ2v) is 9.37. The zero-order chi connectivity index (χ0) is 29.3. The maximum Gasteiger partial charge on any atom is 0.338 e. The molecule has 0 aliphatic heterocycles. The summed E-state index contributed by atoms with van der Waals surface area (Å²) < 4.78 is 21.0. The summed E-state index contributed by atoms with van der Waals surface area (Å²) in [5.74, 6) is -6.29. The Bertz CT molecular complexity index is 1100. The molecule has 0 fully saturated rings. The molecule has 2 unspecified atom stereocenters. The smallest absolute Gasteiger partial charge is 0.338 e. The first-order valence-electron chi connectivity index (χ1n) is 11.6. The predicted octanol–water partition coefficient (Wildman–Crippen LogP) is 0.715. The number of esters is 2. The second-order valence-electron chi connectivity index (χ2n) is 9.37. The topological polar surface area (TPSA) is 233 Å². The Hall–Kier alpha value is -3.98. The maximum absolute atomic E-state index is 12.1. The number of aromatic hydroxyl groups is 6. The molecule has 0 aliphatic carbocycles. The lowest BCUT2D eigenvalue weighted by atomic mass is 9.96. The van der Waals surface area contributed by atoms with E-state index in [-0.39, 0.29) is 37.6 Å². The summed E-state index contributed by atoms with van der Waals surface area (Å²) in [7, 11) is 0. The van der Waals surface area contributed by atoms with Gasteiger partial charge in [0.1, 0.15) is 25.4 Å². The highest BCUT2D eigenvalue weighted by Gasteiger charge is 2.24. The summed E-state index contributed by atoms with van der Waals surface area (Å²) in [4.78, 5) is 24.2. The number of aliphatic hydroxyl groups is 2. The fourth-order valence-electron chi connectivity index (χ4n) is 3.01. The standard InChI is InChI=1S/C25H32O14/c1-25(2,11-36-8-15(27)9-37-23(34)13-3-17(28)21(32)18(29)4-13)12-39-16(7-26)10-38-24(35)14-5-19(30)22(33)20(31)6-14/h3-6,15-16,26-33H,7-12H2,1-2H3. The first-order valence-corrected chi connectivity index (χ1v) is 11.6. The molecular formula is C25H32O14. The van der Waals surface area contributed by atoms with E-state index in [0.717, 1.165) is 24.3 Å². The Morgan fingerprint density at radius 1 is 0.744 bits per heavy atom. The van der Waals surface area contributed by atoms with Gasteiger partial charge >= 0.3 is 11.9 Å². The van der Waals surface area contributed by atoms with Gasteiger partial charge in [-0.05, 0) is 24.3 Å². The SMILES string of the molecule is CC(C)(COCC(O)COC(=O)c1cc(O)c(O)c(O)c1)COC(CO)COC(=O)c1cc(O)c(O)c(O)c1. The predicted molar refractivity (Wildman–Crippen MR) is 131 cm³/mol. The molecule has 2 rings (SSSR count). The average Bonchev–Trinajstić information content (AvgIpc) is 2.88. The number of carbonyl (C=O) groups is 2. The zero-order valence-corrected chi connectivity index (χ0v) is 21.2. The lowest BCUT2D eigenvalue weighted by Crippen LogP contribution is -2.34. The lowest BCUT2D eigenvalue weighted by Gasteiger charge is -2.27. The van der Waals surface area contributed by atoms with Gasteiger partial charge in [-0.1, -0.05) is 13.8 Å². The molecule has 0 aliphatic rings. The molecule has 216 valence electrons. The van der Waals surface area contributed by atoms with Gasteiger partial charge < -0.3 is 59.8 Å². The molecule has 0 radical (unpaired) electrons. The van der Waals surface area contributed by atoms with E-state index < -0.39 is 77.3 Å². The first kappa shape index (κ1) is 31.2. The highest BCUT2D eigenvalue weighted by molar-refractivity contribution is 5.91. The number of benzene rings is 2. The largest absolute Gasteiger partial charge is 0.504 e. The number of phenolic OH excluding ortho intramolecular Hbond substituents is 6. The van der Waals surface area contributed by atoms with Crippen LogP contribution in [0.3, 0.4) is 0 Å². The highest BCUT2D eigenvalue weighted by Crippen LogP contribution is 2.36. The second kappa shape index (κ2) is 13.7. The van der Waals surface area contributed by atoms with Crippen LogP contribution in [0.2, 0.25) is 0 Å². The van der Waals surface area contributed by atoms with Crippen molar-refractivity contribution in [2.24, 2.45) is 5.41 Å². The summed E-state index contributed by atoms with van der Waals surface area (Å²) in [6.45, 7) is 2.17. The van der Waals surface area contributed by atoms with E-state index in [1.807, 2.05) is 0 Å². The summed E-state index contributed by atoms with van der Waals surface area (Å²) in [6.07, 6.45) is -2.11. The van der Waals surface area contributed by atoms with Crippen LogP contribution >= 0.6 is 0 Å². The molecule has 2 aromatic rings. The van der Waals surface area contributed by atoms with E-state index in [9.17, 15) is 50.4 Å². The van der Waals surface area contributed by atoms with Crippen molar-refractivity contribution in [3.63, 3.8) is 0 Å². The molecule has 0 bridgehead atoms. The van der Waals surface area contributed by atoms with Crippen molar-refractivity contribution in [3.8, 4) is 34.5 Å². The number of carbonyl (C=O) groups excluding carboxylic acids is 2. The van der Waals surface area contributed by atoms with E-state index in [4.69, 9.17) is 18.9 Å². The average molecular weight is 557 g/mol. The van der Waals surface area contributed by atoms with Crippen molar-refractivity contribution < 1.29 is 69.4 Å². The van der Waals surface area contributed by atoms with Gasteiger partial charge in [0.05, 0.1) is 37.6 Å². The first-order chi connectivity index (χ1) is 18.2. The van der Waals surface area contributed by atoms with Gasteiger partial charge in [-0.25, -0.2) is 9.59 Å². The van der Waals surface area contributed by atoms with Crippen LogP contribution in [0, 0.1) is 5.41 Å². The molecule has 0 spiro atoms. The summed E-state index contributed by atoms with van der Waals surface area (Å²) in [5, 5.41) is 76.2. The zero-order valence-electron chi connectivity index (χ0n) is 21.2. The third-order valence-electron chi connectivity index (χ3n) is 5.13. The van der Waals surface area contributed by atoms with Gasteiger partial charge in [-0.15, -0.1) is 0 Å². The Balaban J connectivity index is 1.73. The number of hydrogen-bond donors (Lipinski definition) is 8. The lowest BCUT2D eigenvalue weighted by molar-refractivity contribution is -0.0813. The molecule has 8 N–H and O–H groups in total. The van der Waals surface area contributed by atoms with Crippen LogP contribution in [0.1, 0.15) is 34.6 Å². The minimum absolute atomic E-state index is 0.0511. The van der Waals surface area contributed by atoms with Gasteiger partial charge in [0.25, 0.3) is 0 Å². The fraction of sp³-hybridized carbons (Fsp3) is 0.440. The number of ether oxygens (including phenoxy) is 4. The number of hydrogen-bond acceptors (Lipinski definition) is 14. The van der Waals surface area contributed by atoms with Crippen molar-refractivity contribution in [2.75, 3.05) is 39.6 Å². The molecule has 0 heterocycles. The van der Waals surface area contributed by atoms with Gasteiger partial charge in [-0.2, -0.15) is 0 Å². The van der Waals surface area contributed by atoms with Gasteiger partial charge in [0.15, 0.2) is 34.5 Å². The molecule has 0 saturated heterocycles. The van der Waals surface area contributed by atoms with E-state index in [0.29, 0.717) is 0 Å². The third-order valence-corrected chi connectivity index (χ3v) is 5.13. The Morgan fingerprint density at radius 2 is 1.18 bits per heavy atom. The van der Waals surface area contributed by atoms with Crippen molar-refractivity contribution in [3.05, 3.63) is 35.4 Å². The molecular weight excluding hydrogens is 524 g/mol. The minimum Gasteiger partial charge on any atom is -0.504 e. The maximum atomic E-state index is 12.1. The van der Waals surface area contributed by atoms with E-state index in [1.54, 1.807) is 13.8 Å². The van der Waals surface area contributed by atoms with Crippen LogP contribution in [-0.2, 0) is 18.9 Å². The molecule has 39 heavy (non-hydrogen) atoms. The molecule has 0 aromatic heterocycles. The number of phenols is 6. The molecule has 14 heteroatoms. The van der Waals surface area contributed by atoms with Crippen molar-refractivity contribution in [1.29, 1.82) is 0 Å². The molecule has 0 saturated carbocycles. The Morgan fingerprint density at radius 3 is 1.62 bits per heavy atom. The summed E-state index contributed by atoms with van der Waals surface area (Å²) in [5.41, 5.74) is -1.09. The van der Waals surface area contributed by atoms with Crippen LogP contribution in [0.15, 0.2) is 24.3 Å². The molecule has 2 aromatic carbocycles. The van der Waals surface area contributed by atoms with Crippen molar-refractivity contribution in [1.82, 2.24) is 0 Å². The minimum atomic E-state index is -1.20. The van der Waals surface area contributed by atoms with Gasteiger partial charge in [0.2, 0.25) is 0 Å². The Kier molecular flexibility index (Phi) is 11.0. The van der Waals surface area contributed by atoms with E-state index >= 15 is 0 Å². The molecule has 2 atom stereocenters. The highest BCUT2D eigenvalue weighted by atomic mass is 16.6. The number of rotatable bonds is 14. The quantitative estimate of drug-likeness (QED) is 0.118. The van der Waals surface area contributed by atoms with Gasteiger partial charge in [-0.3, -0.25) is 0 Å². The van der Waals surface area contributed by atoms with Crippen LogP contribution < -0.4 is 0 Å².